The van der Waals surface area contributed by atoms with Crippen LogP contribution in [-0.4, -0.2) is 16.3 Å². The van der Waals surface area contributed by atoms with Gasteiger partial charge in [0, 0.05) is 4.90 Å². The molecular formula is C9H9FO2S. The molecule has 0 aliphatic carbocycles. The Morgan fingerprint density at radius 3 is 2.85 bits per heavy atom. The zero-order chi connectivity index (χ0) is 9.84. The van der Waals surface area contributed by atoms with Crippen LogP contribution in [0.1, 0.15) is 6.92 Å². The molecule has 1 aromatic rings. The average Bonchev–Trinajstić information content (AvgIpc) is 2.04. The summed E-state index contributed by atoms with van der Waals surface area (Å²) in [5.74, 6) is -1.24. The molecule has 0 saturated carbocycles. The van der Waals surface area contributed by atoms with E-state index in [1.807, 2.05) is 0 Å². The van der Waals surface area contributed by atoms with Crippen molar-refractivity contribution in [2.45, 2.75) is 17.1 Å². The zero-order valence-corrected chi connectivity index (χ0v) is 7.84. The van der Waals surface area contributed by atoms with Gasteiger partial charge in [-0.2, -0.15) is 0 Å². The van der Waals surface area contributed by atoms with Gasteiger partial charge in [-0.25, -0.2) is 4.39 Å². The minimum Gasteiger partial charge on any atom is -0.480 e. The summed E-state index contributed by atoms with van der Waals surface area (Å²) in [5, 5.41) is 8.04. The molecule has 0 heterocycles. The lowest BCUT2D eigenvalue weighted by atomic mass is 10.3. The Morgan fingerprint density at radius 1 is 1.62 bits per heavy atom. The number of carbonyl (C=O) groups is 1. The van der Waals surface area contributed by atoms with Gasteiger partial charge in [0.25, 0.3) is 0 Å². The number of aliphatic carboxylic acids is 1. The second-order valence-corrected chi connectivity index (χ2v) is 3.97. The molecule has 1 N–H and O–H groups in total. The average molecular weight is 200 g/mol. The van der Waals surface area contributed by atoms with Crippen molar-refractivity contribution >= 4 is 17.7 Å². The van der Waals surface area contributed by atoms with Crippen LogP contribution in [0, 0.1) is 5.82 Å². The third kappa shape index (κ3) is 3.06. The van der Waals surface area contributed by atoms with Gasteiger partial charge >= 0.3 is 5.97 Å². The summed E-state index contributed by atoms with van der Waals surface area (Å²) in [6.07, 6.45) is 0. The van der Waals surface area contributed by atoms with E-state index in [2.05, 4.69) is 0 Å². The predicted octanol–water partition coefficient (Wildman–Crippen LogP) is 2.39. The maximum Gasteiger partial charge on any atom is 0.316 e. The van der Waals surface area contributed by atoms with E-state index in [1.54, 1.807) is 19.1 Å². The van der Waals surface area contributed by atoms with Gasteiger partial charge in [-0.1, -0.05) is 6.07 Å². The van der Waals surface area contributed by atoms with Crippen LogP contribution in [0.3, 0.4) is 0 Å². The number of thioether (sulfide) groups is 1. The van der Waals surface area contributed by atoms with Gasteiger partial charge in [0.15, 0.2) is 0 Å². The fraction of sp³-hybridized carbons (Fsp3) is 0.222. The second kappa shape index (κ2) is 4.28. The first-order valence-corrected chi connectivity index (χ1v) is 4.62. The molecule has 1 aromatic carbocycles. The molecule has 0 fully saturated rings. The topological polar surface area (TPSA) is 37.3 Å². The van der Waals surface area contributed by atoms with E-state index in [0.717, 1.165) is 11.8 Å². The molecule has 4 heteroatoms. The lowest BCUT2D eigenvalue weighted by Gasteiger charge is -2.04. The molecule has 1 atom stereocenters. The minimum absolute atomic E-state index is 0.345. The van der Waals surface area contributed by atoms with Crippen LogP contribution in [0.5, 0.6) is 0 Å². The maximum atomic E-state index is 12.7. The summed E-state index contributed by atoms with van der Waals surface area (Å²) < 4.78 is 12.7. The molecule has 0 aliphatic rings. The molecule has 0 aromatic heterocycles. The van der Waals surface area contributed by atoms with Crippen molar-refractivity contribution in [3.63, 3.8) is 0 Å². The number of benzene rings is 1. The maximum absolute atomic E-state index is 12.7. The fourth-order valence-electron chi connectivity index (χ4n) is 0.795. The van der Waals surface area contributed by atoms with Crippen molar-refractivity contribution in [3.05, 3.63) is 30.1 Å². The Morgan fingerprint density at radius 2 is 2.31 bits per heavy atom. The van der Waals surface area contributed by atoms with E-state index in [-0.39, 0.29) is 5.82 Å². The lowest BCUT2D eigenvalue weighted by molar-refractivity contribution is -0.136. The second-order valence-electron chi connectivity index (χ2n) is 2.56. The van der Waals surface area contributed by atoms with Crippen molar-refractivity contribution < 1.29 is 14.3 Å². The Hall–Kier alpha value is -1.03. The smallest absolute Gasteiger partial charge is 0.316 e. The third-order valence-corrected chi connectivity index (χ3v) is 2.54. The summed E-state index contributed by atoms with van der Waals surface area (Å²) in [5.41, 5.74) is 0. The van der Waals surface area contributed by atoms with Crippen molar-refractivity contribution in [2.75, 3.05) is 0 Å². The summed E-state index contributed by atoms with van der Waals surface area (Å²) in [4.78, 5) is 11.1. The Bertz CT molecular complexity index is 314. The van der Waals surface area contributed by atoms with Gasteiger partial charge in [0.2, 0.25) is 0 Å². The summed E-state index contributed by atoms with van der Waals surface area (Å²) in [6.45, 7) is 1.57. The van der Waals surface area contributed by atoms with Gasteiger partial charge in [-0.3, -0.25) is 4.79 Å². The van der Waals surface area contributed by atoms with Crippen LogP contribution in [0.25, 0.3) is 0 Å². The third-order valence-electron chi connectivity index (χ3n) is 1.46. The van der Waals surface area contributed by atoms with Gasteiger partial charge in [0.1, 0.15) is 11.1 Å². The van der Waals surface area contributed by atoms with E-state index in [1.165, 1.54) is 12.1 Å². The zero-order valence-electron chi connectivity index (χ0n) is 7.03. The number of rotatable bonds is 3. The monoisotopic (exact) mass is 200 g/mol. The van der Waals surface area contributed by atoms with E-state index < -0.39 is 11.2 Å². The quantitative estimate of drug-likeness (QED) is 0.761. The van der Waals surface area contributed by atoms with E-state index in [0.29, 0.717) is 4.90 Å². The Kier molecular flexibility index (Phi) is 3.31. The standard InChI is InChI=1S/C9H9FO2S/c1-6(9(11)12)13-8-4-2-3-7(10)5-8/h2-6H,1H3,(H,11,12). The number of carboxylic acids is 1. The highest BCUT2D eigenvalue weighted by molar-refractivity contribution is 8.00. The van der Waals surface area contributed by atoms with Crippen molar-refractivity contribution in [3.8, 4) is 0 Å². The van der Waals surface area contributed by atoms with Gasteiger partial charge in [0.05, 0.1) is 0 Å². The van der Waals surface area contributed by atoms with E-state index in [4.69, 9.17) is 5.11 Å². The van der Waals surface area contributed by atoms with Crippen molar-refractivity contribution in [2.24, 2.45) is 0 Å². The van der Waals surface area contributed by atoms with Crippen LogP contribution in [0.4, 0.5) is 4.39 Å². The van der Waals surface area contributed by atoms with Crippen LogP contribution in [-0.2, 0) is 4.79 Å². The number of halogens is 1. The summed E-state index contributed by atoms with van der Waals surface area (Å²) in [6, 6.07) is 5.90. The fourth-order valence-corrected chi connectivity index (χ4v) is 1.64. The highest BCUT2D eigenvalue weighted by Gasteiger charge is 2.12. The van der Waals surface area contributed by atoms with Crippen LogP contribution < -0.4 is 0 Å². The van der Waals surface area contributed by atoms with Crippen molar-refractivity contribution in [1.82, 2.24) is 0 Å². The van der Waals surface area contributed by atoms with Gasteiger partial charge in [-0.15, -0.1) is 11.8 Å². The van der Waals surface area contributed by atoms with Crippen molar-refractivity contribution in [1.29, 1.82) is 0 Å². The Labute approximate surface area is 79.8 Å². The predicted molar refractivity (Wildman–Crippen MR) is 49.4 cm³/mol. The normalized spacial score (nSPS) is 12.5. The molecule has 0 bridgehead atoms. The van der Waals surface area contributed by atoms with Gasteiger partial charge in [-0.05, 0) is 25.1 Å². The largest absolute Gasteiger partial charge is 0.480 e. The minimum atomic E-state index is -0.894. The van der Waals surface area contributed by atoms with Crippen LogP contribution in [0.2, 0.25) is 0 Å². The lowest BCUT2D eigenvalue weighted by Crippen LogP contribution is -2.10. The first-order valence-electron chi connectivity index (χ1n) is 3.74. The molecule has 0 aliphatic heterocycles. The molecule has 0 saturated heterocycles. The molecule has 13 heavy (non-hydrogen) atoms. The number of hydrogen-bond acceptors (Lipinski definition) is 2. The number of hydrogen-bond donors (Lipinski definition) is 1. The number of carboxylic acid groups (broad SMARTS) is 1. The molecule has 0 amide bonds. The summed E-state index contributed by atoms with van der Waals surface area (Å²) in [7, 11) is 0. The molecule has 1 rings (SSSR count). The molecule has 0 radical (unpaired) electrons. The van der Waals surface area contributed by atoms with Crippen LogP contribution in [0.15, 0.2) is 29.2 Å². The SMILES string of the molecule is CC(Sc1cccc(F)c1)C(=O)O. The van der Waals surface area contributed by atoms with Crippen LogP contribution >= 0.6 is 11.8 Å². The molecule has 70 valence electrons. The first kappa shape index (κ1) is 10.1. The molecule has 2 nitrogen and oxygen atoms in total. The first-order chi connectivity index (χ1) is 6.09. The van der Waals surface area contributed by atoms with E-state index >= 15 is 0 Å². The highest BCUT2D eigenvalue weighted by Crippen LogP contribution is 2.23. The highest BCUT2D eigenvalue weighted by atomic mass is 32.2. The molecule has 0 spiro atoms. The summed E-state index contributed by atoms with van der Waals surface area (Å²) >= 11 is 1.13. The molecule has 1 unspecified atom stereocenters. The van der Waals surface area contributed by atoms with E-state index in [9.17, 15) is 9.18 Å². The van der Waals surface area contributed by atoms with Gasteiger partial charge < -0.3 is 5.11 Å². The molecular weight excluding hydrogens is 191 g/mol. The Balaban J connectivity index is 2.69.